The second-order valence-corrected chi connectivity index (χ2v) is 5.60. The molecule has 1 atom stereocenters. The van der Waals surface area contributed by atoms with Crippen LogP contribution in [-0.2, 0) is 4.79 Å². The van der Waals surface area contributed by atoms with Crippen LogP contribution >= 0.6 is 15.9 Å². The van der Waals surface area contributed by atoms with E-state index in [9.17, 15) is 19.3 Å². The number of rotatable bonds is 4. The molecule has 0 unspecified atom stereocenters. The Morgan fingerprint density at radius 1 is 1.27 bits per heavy atom. The van der Waals surface area contributed by atoms with Crippen LogP contribution in [-0.4, -0.2) is 10.8 Å². The molecule has 0 aliphatic heterocycles. The normalized spacial score (nSPS) is 11.8. The summed E-state index contributed by atoms with van der Waals surface area (Å²) >= 11 is 3.14. The summed E-state index contributed by atoms with van der Waals surface area (Å²) in [6.45, 7) is 1.65. The monoisotopic (exact) mass is 366 g/mol. The lowest BCUT2D eigenvalue weighted by Gasteiger charge is -2.13. The maximum Gasteiger partial charge on any atom is 0.269 e. The third kappa shape index (κ3) is 3.67. The molecule has 2 rings (SSSR count). The third-order valence-electron chi connectivity index (χ3n) is 3.19. The largest absolute Gasteiger partial charge is 0.323 e. The molecule has 2 aromatic carbocycles. The van der Waals surface area contributed by atoms with Crippen LogP contribution in [0.4, 0.5) is 15.8 Å². The van der Waals surface area contributed by atoms with E-state index in [-0.39, 0.29) is 11.4 Å². The molecule has 0 aliphatic carbocycles. The lowest BCUT2D eigenvalue weighted by Crippen LogP contribution is -2.19. The first-order valence-corrected chi connectivity index (χ1v) is 7.18. The van der Waals surface area contributed by atoms with Gasteiger partial charge in [-0.2, -0.15) is 0 Å². The SMILES string of the molecule is C[C@@H](C(=O)Nc1ccc(Br)cc1F)c1ccc([N+](=O)[O-])cc1. The summed E-state index contributed by atoms with van der Waals surface area (Å²) in [5.41, 5.74) is 0.651. The molecule has 0 aromatic heterocycles. The van der Waals surface area contributed by atoms with Gasteiger partial charge in [0.15, 0.2) is 0 Å². The number of anilines is 1. The predicted molar refractivity (Wildman–Crippen MR) is 84.2 cm³/mol. The summed E-state index contributed by atoms with van der Waals surface area (Å²) in [5, 5.41) is 13.1. The number of carbonyl (C=O) groups excluding carboxylic acids is 1. The van der Waals surface area contributed by atoms with Crippen molar-refractivity contribution in [2.45, 2.75) is 12.8 Å². The first kappa shape index (κ1) is 16.1. The van der Waals surface area contributed by atoms with Crippen LogP contribution in [0.3, 0.4) is 0 Å². The number of hydrogen-bond donors (Lipinski definition) is 1. The van der Waals surface area contributed by atoms with Crippen LogP contribution in [0.1, 0.15) is 18.4 Å². The number of hydrogen-bond acceptors (Lipinski definition) is 3. The fourth-order valence-electron chi connectivity index (χ4n) is 1.87. The summed E-state index contributed by atoms with van der Waals surface area (Å²) in [6, 6.07) is 10.0. The van der Waals surface area contributed by atoms with E-state index in [1.807, 2.05) is 0 Å². The minimum atomic E-state index is -0.566. The number of nitro benzene ring substituents is 1. The van der Waals surface area contributed by atoms with Gasteiger partial charge in [-0.3, -0.25) is 14.9 Å². The standard InChI is InChI=1S/C15H12BrFN2O3/c1-9(10-2-5-12(6-3-10)19(21)22)15(20)18-14-7-4-11(16)8-13(14)17/h2-9H,1H3,(H,18,20)/t9-/m1/s1. The maximum atomic E-state index is 13.7. The molecular weight excluding hydrogens is 355 g/mol. The molecule has 0 bridgehead atoms. The summed E-state index contributed by atoms with van der Waals surface area (Å²) in [4.78, 5) is 22.2. The van der Waals surface area contributed by atoms with Crippen LogP contribution in [0.2, 0.25) is 0 Å². The van der Waals surface area contributed by atoms with Crippen molar-refractivity contribution in [3.8, 4) is 0 Å². The van der Waals surface area contributed by atoms with E-state index >= 15 is 0 Å². The Kier molecular flexibility index (Phi) is 4.87. The average molecular weight is 367 g/mol. The van der Waals surface area contributed by atoms with E-state index in [1.165, 1.54) is 36.4 Å². The third-order valence-corrected chi connectivity index (χ3v) is 3.68. The molecule has 0 fully saturated rings. The van der Waals surface area contributed by atoms with Gasteiger partial charge in [0.25, 0.3) is 5.69 Å². The Balaban J connectivity index is 2.13. The fourth-order valence-corrected chi connectivity index (χ4v) is 2.20. The summed E-state index contributed by atoms with van der Waals surface area (Å²) in [6.07, 6.45) is 0. The smallest absolute Gasteiger partial charge is 0.269 e. The molecule has 2 aromatic rings. The molecule has 7 heteroatoms. The highest BCUT2D eigenvalue weighted by molar-refractivity contribution is 9.10. The predicted octanol–water partition coefficient (Wildman–Crippen LogP) is 4.24. The van der Waals surface area contributed by atoms with E-state index in [1.54, 1.807) is 13.0 Å². The average Bonchev–Trinajstić information content (AvgIpc) is 2.49. The van der Waals surface area contributed by atoms with Crippen molar-refractivity contribution >= 4 is 33.2 Å². The molecule has 5 nitrogen and oxygen atoms in total. The van der Waals surface area contributed by atoms with Crippen molar-refractivity contribution < 1.29 is 14.1 Å². The second-order valence-electron chi connectivity index (χ2n) is 4.68. The van der Waals surface area contributed by atoms with E-state index in [0.29, 0.717) is 10.0 Å². The molecule has 0 saturated heterocycles. The molecule has 22 heavy (non-hydrogen) atoms. The topological polar surface area (TPSA) is 72.2 Å². The van der Waals surface area contributed by atoms with Crippen molar-refractivity contribution in [1.82, 2.24) is 0 Å². The zero-order chi connectivity index (χ0) is 16.3. The van der Waals surface area contributed by atoms with Gasteiger partial charge >= 0.3 is 0 Å². The minimum absolute atomic E-state index is 0.0460. The molecule has 0 radical (unpaired) electrons. The molecule has 1 amide bonds. The number of non-ortho nitro benzene ring substituents is 1. The Bertz CT molecular complexity index is 719. The van der Waals surface area contributed by atoms with Gasteiger partial charge < -0.3 is 5.32 Å². The van der Waals surface area contributed by atoms with Gasteiger partial charge in [0, 0.05) is 16.6 Å². The molecule has 0 aliphatic rings. The van der Waals surface area contributed by atoms with Crippen molar-refractivity contribution in [3.05, 3.63) is 68.4 Å². The van der Waals surface area contributed by atoms with E-state index in [4.69, 9.17) is 0 Å². The van der Waals surface area contributed by atoms with Crippen molar-refractivity contribution in [2.75, 3.05) is 5.32 Å². The molecule has 1 N–H and O–H groups in total. The van der Waals surface area contributed by atoms with Gasteiger partial charge in [0.05, 0.1) is 16.5 Å². The molecule has 0 spiro atoms. The summed E-state index contributed by atoms with van der Waals surface area (Å²) in [5.74, 6) is -1.50. The fraction of sp³-hybridized carbons (Fsp3) is 0.133. The van der Waals surface area contributed by atoms with Gasteiger partial charge in [0.1, 0.15) is 5.82 Å². The van der Waals surface area contributed by atoms with Crippen LogP contribution in [0.25, 0.3) is 0 Å². The van der Waals surface area contributed by atoms with Crippen molar-refractivity contribution in [2.24, 2.45) is 0 Å². The first-order chi connectivity index (χ1) is 10.4. The first-order valence-electron chi connectivity index (χ1n) is 6.38. The highest BCUT2D eigenvalue weighted by Crippen LogP contribution is 2.23. The number of carbonyl (C=O) groups is 1. The zero-order valence-corrected chi connectivity index (χ0v) is 13.1. The highest BCUT2D eigenvalue weighted by Gasteiger charge is 2.18. The Hall–Kier alpha value is -2.28. The lowest BCUT2D eigenvalue weighted by atomic mass is 10.00. The maximum absolute atomic E-state index is 13.7. The van der Waals surface area contributed by atoms with Gasteiger partial charge in [-0.25, -0.2) is 4.39 Å². The van der Waals surface area contributed by atoms with Crippen LogP contribution in [0.15, 0.2) is 46.9 Å². The van der Waals surface area contributed by atoms with Gasteiger partial charge in [-0.15, -0.1) is 0 Å². The Labute approximate surface area is 134 Å². The van der Waals surface area contributed by atoms with Crippen molar-refractivity contribution in [3.63, 3.8) is 0 Å². The quantitative estimate of drug-likeness (QED) is 0.649. The number of benzene rings is 2. The van der Waals surface area contributed by atoms with E-state index in [0.717, 1.165) is 0 Å². The Morgan fingerprint density at radius 3 is 2.45 bits per heavy atom. The lowest BCUT2D eigenvalue weighted by molar-refractivity contribution is -0.384. The van der Waals surface area contributed by atoms with Crippen LogP contribution in [0, 0.1) is 15.9 Å². The molecule has 0 saturated carbocycles. The second kappa shape index (κ2) is 6.65. The number of halogens is 2. The number of nitrogens with one attached hydrogen (secondary N) is 1. The van der Waals surface area contributed by atoms with E-state index < -0.39 is 22.6 Å². The zero-order valence-electron chi connectivity index (χ0n) is 11.5. The molecular formula is C15H12BrFN2O3. The van der Waals surface area contributed by atoms with E-state index in [2.05, 4.69) is 21.2 Å². The van der Waals surface area contributed by atoms with Gasteiger partial charge in [-0.05, 0) is 30.7 Å². The van der Waals surface area contributed by atoms with Crippen LogP contribution < -0.4 is 5.32 Å². The van der Waals surface area contributed by atoms with Crippen molar-refractivity contribution in [1.29, 1.82) is 0 Å². The van der Waals surface area contributed by atoms with Gasteiger partial charge in [0.2, 0.25) is 5.91 Å². The van der Waals surface area contributed by atoms with Gasteiger partial charge in [-0.1, -0.05) is 28.1 Å². The van der Waals surface area contributed by atoms with Crippen LogP contribution in [0.5, 0.6) is 0 Å². The Morgan fingerprint density at radius 2 is 1.91 bits per heavy atom. The molecule has 114 valence electrons. The summed E-state index contributed by atoms with van der Waals surface area (Å²) < 4.78 is 14.3. The number of nitrogens with zero attached hydrogens (tertiary/aromatic N) is 1. The summed E-state index contributed by atoms with van der Waals surface area (Å²) in [7, 11) is 0. The molecule has 0 heterocycles. The number of amides is 1. The highest BCUT2D eigenvalue weighted by atomic mass is 79.9. The number of nitro groups is 1. The minimum Gasteiger partial charge on any atom is -0.323 e.